The van der Waals surface area contributed by atoms with E-state index < -0.39 is 0 Å². The maximum absolute atomic E-state index is 11.2. The largest absolute Gasteiger partial charge is 0.362 e. The summed E-state index contributed by atoms with van der Waals surface area (Å²) in [6, 6.07) is 0. The van der Waals surface area contributed by atoms with Crippen LogP contribution in [0.1, 0.15) is 31.6 Å². The van der Waals surface area contributed by atoms with Crippen LogP contribution in [0.2, 0.25) is 0 Å². The van der Waals surface area contributed by atoms with Gasteiger partial charge in [-0.25, -0.2) is 4.98 Å². The molecule has 0 saturated carbocycles. The van der Waals surface area contributed by atoms with Crippen molar-refractivity contribution >= 4 is 22.4 Å². The van der Waals surface area contributed by atoms with Crippen molar-refractivity contribution in [1.29, 1.82) is 0 Å². The molecule has 0 bridgehead atoms. The fraction of sp³-hybridized carbons (Fsp3) is 0.600. The molecule has 0 fully saturated rings. The number of carbonyl (C=O) groups is 1. The molecule has 84 valence electrons. The van der Waals surface area contributed by atoms with Gasteiger partial charge in [0.15, 0.2) is 5.13 Å². The van der Waals surface area contributed by atoms with E-state index in [1.54, 1.807) is 17.5 Å². The summed E-state index contributed by atoms with van der Waals surface area (Å²) in [5, 5.41) is 6.91. The zero-order valence-corrected chi connectivity index (χ0v) is 9.99. The third kappa shape index (κ3) is 4.29. The first-order valence-electron chi connectivity index (χ1n) is 5.21. The minimum Gasteiger partial charge on any atom is -0.362 e. The van der Waals surface area contributed by atoms with Gasteiger partial charge in [0.25, 0.3) is 0 Å². The molecule has 0 saturated heterocycles. The number of hydrogen-bond donors (Lipinski definition) is 2. The highest BCUT2D eigenvalue weighted by Gasteiger charge is 2.03. The number of thiazole rings is 1. The predicted octanol–water partition coefficient (Wildman–Crippen LogP) is 1.99. The minimum absolute atomic E-state index is 0.107. The predicted molar refractivity (Wildman–Crippen MR) is 63.0 cm³/mol. The van der Waals surface area contributed by atoms with Crippen molar-refractivity contribution in [1.82, 2.24) is 10.3 Å². The van der Waals surface area contributed by atoms with Gasteiger partial charge in [-0.2, -0.15) is 0 Å². The Bertz CT molecular complexity index is 311. The molecule has 15 heavy (non-hydrogen) atoms. The highest BCUT2D eigenvalue weighted by molar-refractivity contribution is 7.15. The van der Waals surface area contributed by atoms with Gasteiger partial charge in [0, 0.05) is 24.0 Å². The van der Waals surface area contributed by atoms with Gasteiger partial charge in [-0.15, -0.1) is 11.3 Å². The normalized spacial score (nSPS) is 10.0. The first kappa shape index (κ1) is 12.0. The lowest BCUT2D eigenvalue weighted by atomic mass is 10.3. The zero-order valence-electron chi connectivity index (χ0n) is 9.17. The van der Waals surface area contributed by atoms with E-state index in [4.69, 9.17) is 0 Å². The molecular weight excluding hydrogens is 210 g/mol. The summed E-state index contributed by atoms with van der Waals surface area (Å²) >= 11 is 1.58. The van der Waals surface area contributed by atoms with E-state index >= 15 is 0 Å². The molecule has 0 aliphatic carbocycles. The molecule has 0 radical (unpaired) electrons. The molecule has 1 aromatic heterocycles. The zero-order chi connectivity index (χ0) is 11.1. The second kappa shape index (κ2) is 6.40. The van der Waals surface area contributed by atoms with E-state index in [9.17, 15) is 4.79 Å². The first-order valence-corrected chi connectivity index (χ1v) is 6.03. The van der Waals surface area contributed by atoms with Gasteiger partial charge < -0.3 is 10.6 Å². The van der Waals surface area contributed by atoms with Crippen molar-refractivity contribution in [3.05, 3.63) is 11.1 Å². The Morgan fingerprint density at radius 3 is 3.00 bits per heavy atom. The van der Waals surface area contributed by atoms with Crippen LogP contribution >= 0.6 is 11.3 Å². The molecule has 4 nitrogen and oxygen atoms in total. The average molecular weight is 227 g/mol. The van der Waals surface area contributed by atoms with E-state index in [1.165, 1.54) is 0 Å². The van der Waals surface area contributed by atoms with Crippen LogP contribution in [0.15, 0.2) is 6.20 Å². The van der Waals surface area contributed by atoms with Crippen LogP contribution in [-0.2, 0) is 11.3 Å². The summed E-state index contributed by atoms with van der Waals surface area (Å²) in [4.78, 5) is 16.5. The summed E-state index contributed by atoms with van der Waals surface area (Å²) in [7, 11) is 0. The highest BCUT2D eigenvalue weighted by Crippen LogP contribution is 2.17. The summed E-state index contributed by atoms with van der Waals surface area (Å²) in [6.07, 6.45) is 3.28. The van der Waals surface area contributed by atoms with Crippen LogP contribution in [0.5, 0.6) is 0 Å². The monoisotopic (exact) mass is 227 g/mol. The number of anilines is 1. The van der Waals surface area contributed by atoms with Crippen LogP contribution < -0.4 is 10.6 Å². The summed E-state index contributed by atoms with van der Waals surface area (Å²) in [5.74, 6) is 0.107. The van der Waals surface area contributed by atoms with Crippen molar-refractivity contribution in [3.63, 3.8) is 0 Å². The maximum atomic E-state index is 11.2. The molecule has 1 aromatic rings. The van der Waals surface area contributed by atoms with Crippen LogP contribution in [0.3, 0.4) is 0 Å². The van der Waals surface area contributed by atoms with Crippen molar-refractivity contribution in [2.24, 2.45) is 0 Å². The maximum Gasteiger partial charge on any atom is 0.220 e. The third-order valence-corrected chi connectivity index (χ3v) is 2.77. The van der Waals surface area contributed by atoms with Crippen LogP contribution in [0.25, 0.3) is 0 Å². The van der Waals surface area contributed by atoms with E-state index in [0.717, 1.165) is 23.0 Å². The molecule has 1 heterocycles. The van der Waals surface area contributed by atoms with Crippen molar-refractivity contribution in [2.45, 2.75) is 33.2 Å². The molecule has 0 aliphatic rings. The lowest BCUT2D eigenvalue weighted by Crippen LogP contribution is -2.21. The van der Waals surface area contributed by atoms with E-state index in [0.29, 0.717) is 13.0 Å². The van der Waals surface area contributed by atoms with Gasteiger partial charge in [-0.3, -0.25) is 4.79 Å². The van der Waals surface area contributed by atoms with Crippen molar-refractivity contribution in [2.75, 3.05) is 11.9 Å². The SMILES string of the molecule is CCCC(=O)NCc1cnc(NCC)s1. The van der Waals surface area contributed by atoms with Gasteiger partial charge in [0.2, 0.25) is 5.91 Å². The standard InChI is InChI=1S/C10H17N3OS/c1-3-5-9(14)12-6-8-7-13-10(15-8)11-4-2/h7H,3-6H2,1-2H3,(H,11,13)(H,12,14). The fourth-order valence-electron chi connectivity index (χ4n) is 1.12. The molecular formula is C10H17N3OS. The minimum atomic E-state index is 0.107. The number of carbonyl (C=O) groups excluding carboxylic acids is 1. The van der Waals surface area contributed by atoms with Gasteiger partial charge in [0.1, 0.15) is 0 Å². The lowest BCUT2D eigenvalue weighted by Gasteiger charge is -2.00. The Labute approximate surface area is 94.1 Å². The first-order chi connectivity index (χ1) is 7.26. The van der Waals surface area contributed by atoms with Crippen LogP contribution in [0, 0.1) is 0 Å². The molecule has 0 aliphatic heterocycles. The topological polar surface area (TPSA) is 54.0 Å². The third-order valence-electron chi connectivity index (χ3n) is 1.82. The number of amides is 1. The molecule has 1 rings (SSSR count). The summed E-state index contributed by atoms with van der Waals surface area (Å²) in [6.45, 7) is 5.48. The van der Waals surface area contributed by atoms with E-state index in [-0.39, 0.29) is 5.91 Å². The smallest absolute Gasteiger partial charge is 0.220 e. The van der Waals surface area contributed by atoms with Gasteiger partial charge in [-0.1, -0.05) is 6.92 Å². The number of hydrogen-bond acceptors (Lipinski definition) is 4. The lowest BCUT2D eigenvalue weighted by molar-refractivity contribution is -0.121. The quantitative estimate of drug-likeness (QED) is 0.781. The Kier molecular flexibility index (Phi) is 5.10. The molecule has 2 N–H and O–H groups in total. The Hall–Kier alpha value is -1.10. The van der Waals surface area contributed by atoms with Gasteiger partial charge >= 0.3 is 0 Å². The van der Waals surface area contributed by atoms with E-state index in [1.807, 2.05) is 13.8 Å². The van der Waals surface area contributed by atoms with Crippen molar-refractivity contribution < 1.29 is 4.79 Å². The molecule has 0 atom stereocenters. The Morgan fingerprint density at radius 2 is 2.33 bits per heavy atom. The summed E-state index contributed by atoms with van der Waals surface area (Å²) in [5.41, 5.74) is 0. The van der Waals surface area contributed by atoms with E-state index in [2.05, 4.69) is 15.6 Å². The number of nitrogens with zero attached hydrogens (tertiary/aromatic N) is 1. The van der Waals surface area contributed by atoms with Gasteiger partial charge in [-0.05, 0) is 13.3 Å². The van der Waals surface area contributed by atoms with Crippen LogP contribution in [-0.4, -0.2) is 17.4 Å². The molecule has 5 heteroatoms. The molecule has 0 spiro atoms. The molecule has 0 unspecified atom stereocenters. The second-order valence-electron chi connectivity index (χ2n) is 3.19. The molecule has 1 amide bonds. The number of nitrogens with one attached hydrogen (secondary N) is 2. The average Bonchev–Trinajstić information content (AvgIpc) is 2.64. The van der Waals surface area contributed by atoms with Gasteiger partial charge in [0.05, 0.1) is 6.54 Å². The summed E-state index contributed by atoms with van der Waals surface area (Å²) < 4.78 is 0. The number of rotatable bonds is 6. The second-order valence-corrected chi connectivity index (χ2v) is 4.30. The van der Waals surface area contributed by atoms with Crippen LogP contribution in [0.4, 0.5) is 5.13 Å². The highest BCUT2D eigenvalue weighted by atomic mass is 32.1. The number of aromatic nitrogens is 1. The Balaban J connectivity index is 2.34. The Morgan fingerprint density at radius 1 is 1.53 bits per heavy atom. The molecule has 0 aromatic carbocycles. The fourth-order valence-corrected chi connectivity index (χ4v) is 1.94. The van der Waals surface area contributed by atoms with Crippen molar-refractivity contribution in [3.8, 4) is 0 Å².